The first-order valence-electron chi connectivity index (χ1n) is 31.3. The molecule has 12 nitrogen and oxygen atoms in total. The van der Waals surface area contributed by atoms with Crippen molar-refractivity contribution in [2.24, 2.45) is 0 Å². The van der Waals surface area contributed by atoms with E-state index < -0.39 is 67.3 Å². The van der Waals surface area contributed by atoms with Crippen molar-refractivity contribution in [1.29, 1.82) is 0 Å². The Hall–Kier alpha value is -2.80. The molecule has 1 aliphatic heterocycles. The third-order valence-corrected chi connectivity index (χ3v) is 14.5. The number of hydrogen-bond acceptors (Lipinski definition) is 11. The predicted molar refractivity (Wildman–Crippen MR) is 303 cm³/mol. The van der Waals surface area contributed by atoms with Gasteiger partial charge in [0, 0.05) is 19.3 Å². The van der Waals surface area contributed by atoms with E-state index in [-0.39, 0.29) is 25.9 Å². The zero-order valence-corrected chi connectivity index (χ0v) is 48.3. The molecule has 6 atom stereocenters. The molecule has 0 saturated carbocycles. The van der Waals surface area contributed by atoms with E-state index in [0.29, 0.717) is 19.3 Å². The van der Waals surface area contributed by atoms with Gasteiger partial charge in [0.25, 0.3) is 0 Å². The van der Waals surface area contributed by atoms with Crippen LogP contribution in [0.1, 0.15) is 303 Å². The molecule has 1 aliphatic rings. The first kappa shape index (κ1) is 70.2. The Morgan fingerprint density at radius 3 is 1.13 bits per heavy atom. The Kier molecular flexibility index (Phi) is 48.6. The molecule has 0 aromatic heterocycles. The minimum atomic E-state index is -1.90. The Morgan fingerprint density at radius 1 is 0.427 bits per heavy atom. The number of allylic oxidation sites excluding steroid dienone is 4. The van der Waals surface area contributed by atoms with Crippen LogP contribution in [0.5, 0.6) is 0 Å². The van der Waals surface area contributed by atoms with Gasteiger partial charge in [0.2, 0.25) is 0 Å². The molecular formula is C63H114O12. The number of esters is 3. The normalized spacial score (nSPS) is 18.2. The van der Waals surface area contributed by atoms with Crippen LogP contribution in [0.25, 0.3) is 0 Å². The van der Waals surface area contributed by atoms with E-state index >= 15 is 0 Å². The lowest BCUT2D eigenvalue weighted by atomic mass is 9.98. The number of carbonyl (C=O) groups excluding carboxylic acids is 3. The summed E-state index contributed by atoms with van der Waals surface area (Å²) in [5.41, 5.74) is 0. The van der Waals surface area contributed by atoms with Crippen LogP contribution in [-0.4, -0.2) is 89.2 Å². The van der Waals surface area contributed by atoms with Crippen molar-refractivity contribution in [2.45, 2.75) is 340 Å². The van der Waals surface area contributed by atoms with Gasteiger partial charge in [-0.25, -0.2) is 4.79 Å². The lowest BCUT2D eigenvalue weighted by Gasteiger charge is -2.40. The smallest absolute Gasteiger partial charge is 0.335 e. The van der Waals surface area contributed by atoms with E-state index in [4.69, 9.17) is 23.7 Å². The van der Waals surface area contributed by atoms with Crippen LogP contribution in [0.15, 0.2) is 24.3 Å². The van der Waals surface area contributed by atoms with E-state index in [0.717, 1.165) is 89.9 Å². The number of carboxylic acids is 1. The summed E-state index contributed by atoms with van der Waals surface area (Å²) < 4.78 is 28.5. The summed E-state index contributed by atoms with van der Waals surface area (Å²) in [4.78, 5) is 51.2. The van der Waals surface area contributed by atoms with E-state index in [9.17, 15) is 34.5 Å². The molecule has 0 spiro atoms. The molecule has 0 amide bonds. The first-order valence-corrected chi connectivity index (χ1v) is 31.3. The average Bonchev–Trinajstić information content (AvgIpc) is 3.39. The lowest BCUT2D eigenvalue weighted by Crippen LogP contribution is -2.61. The predicted octanol–water partition coefficient (Wildman–Crippen LogP) is 16.2. The fourth-order valence-corrected chi connectivity index (χ4v) is 9.65. The van der Waals surface area contributed by atoms with Gasteiger partial charge >= 0.3 is 23.9 Å². The van der Waals surface area contributed by atoms with Gasteiger partial charge in [-0.3, -0.25) is 14.4 Å². The van der Waals surface area contributed by atoms with Crippen molar-refractivity contribution >= 4 is 23.9 Å². The molecule has 438 valence electrons. The molecule has 0 aliphatic carbocycles. The van der Waals surface area contributed by atoms with Crippen LogP contribution in [0.2, 0.25) is 0 Å². The molecule has 0 bridgehead atoms. The molecule has 0 aromatic carbocycles. The van der Waals surface area contributed by atoms with E-state index in [1.165, 1.54) is 154 Å². The van der Waals surface area contributed by atoms with Crippen LogP contribution in [0.4, 0.5) is 0 Å². The highest BCUT2D eigenvalue weighted by Gasteiger charge is 2.50. The topological polar surface area (TPSA) is 175 Å². The standard InChI is InChI=1S/C63H114O12/c1-4-7-10-13-16-19-22-25-27-28-30-32-34-37-40-43-46-49-55(64)71-52-54(73-56(65)50-47-44-41-38-36-33-29-26-23-20-17-14-11-8-5-2)53-72-63-61(59(68)58(67)60(75-63)62(69)70)74-57(66)51-48-45-42-39-35-31-24-21-18-15-12-9-6-3/h25-27,29,54,58-61,63,67-68H,4-24,28,30-53H2,1-3H3,(H,69,70)/b27-25-,29-26-. The number of aliphatic carboxylic acids is 1. The summed E-state index contributed by atoms with van der Waals surface area (Å²) in [6, 6.07) is 0. The van der Waals surface area contributed by atoms with Gasteiger partial charge < -0.3 is 39.0 Å². The fraction of sp³-hybridized carbons (Fsp3) is 0.873. The molecule has 12 heteroatoms. The Bertz CT molecular complexity index is 1400. The average molecular weight is 1060 g/mol. The van der Waals surface area contributed by atoms with Gasteiger partial charge in [-0.05, 0) is 70.6 Å². The highest BCUT2D eigenvalue weighted by atomic mass is 16.7. The van der Waals surface area contributed by atoms with Gasteiger partial charge in [-0.15, -0.1) is 0 Å². The third kappa shape index (κ3) is 41.9. The number of carbonyl (C=O) groups is 4. The van der Waals surface area contributed by atoms with E-state index in [2.05, 4.69) is 45.1 Å². The van der Waals surface area contributed by atoms with Gasteiger partial charge in [0.05, 0.1) is 6.61 Å². The number of ether oxygens (including phenoxy) is 5. The Labute approximate surface area is 458 Å². The maximum Gasteiger partial charge on any atom is 0.335 e. The second-order valence-electron chi connectivity index (χ2n) is 21.7. The number of unbranched alkanes of at least 4 members (excludes halogenated alkanes) is 36. The van der Waals surface area contributed by atoms with Gasteiger partial charge in [-0.2, -0.15) is 0 Å². The van der Waals surface area contributed by atoms with E-state index in [1.54, 1.807) is 0 Å². The molecule has 1 heterocycles. The summed E-state index contributed by atoms with van der Waals surface area (Å²) in [7, 11) is 0. The summed E-state index contributed by atoms with van der Waals surface area (Å²) in [6.07, 6.45) is 47.1. The summed E-state index contributed by atoms with van der Waals surface area (Å²) in [5, 5.41) is 31.5. The molecule has 1 rings (SSSR count). The lowest BCUT2D eigenvalue weighted by molar-refractivity contribution is -0.301. The van der Waals surface area contributed by atoms with Crippen LogP contribution < -0.4 is 0 Å². The number of aliphatic hydroxyl groups is 2. The highest BCUT2D eigenvalue weighted by Crippen LogP contribution is 2.27. The fourth-order valence-electron chi connectivity index (χ4n) is 9.65. The summed E-state index contributed by atoms with van der Waals surface area (Å²) >= 11 is 0. The van der Waals surface area contributed by atoms with Gasteiger partial charge in [0.15, 0.2) is 24.6 Å². The number of rotatable bonds is 54. The molecule has 6 unspecified atom stereocenters. The Balaban J connectivity index is 2.67. The second-order valence-corrected chi connectivity index (χ2v) is 21.7. The van der Waals surface area contributed by atoms with Crippen molar-refractivity contribution < 1.29 is 58.2 Å². The minimum Gasteiger partial charge on any atom is -0.479 e. The van der Waals surface area contributed by atoms with Gasteiger partial charge in [-0.1, -0.05) is 238 Å². The zero-order chi connectivity index (χ0) is 54.7. The Morgan fingerprint density at radius 2 is 0.760 bits per heavy atom. The third-order valence-electron chi connectivity index (χ3n) is 14.5. The van der Waals surface area contributed by atoms with Crippen LogP contribution in [-0.2, 0) is 42.9 Å². The van der Waals surface area contributed by atoms with Crippen LogP contribution >= 0.6 is 0 Å². The first-order chi connectivity index (χ1) is 36.6. The quantitative estimate of drug-likeness (QED) is 0.0228. The molecular weight excluding hydrogens is 949 g/mol. The number of hydrogen-bond donors (Lipinski definition) is 3. The molecule has 3 N–H and O–H groups in total. The van der Waals surface area contributed by atoms with Crippen molar-refractivity contribution in [3.05, 3.63) is 24.3 Å². The second kappa shape index (κ2) is 51.9. The molecule has 0 radical (unpaired) electrons. The summed E-state index contributed by atoms with van der Waals surface area (Å²) in [6.45, 7) is 6.00. The van der Waals surface area contributed by atoms with Crippen molar-refractivity contribution in [3.63, 3.8) is 0 Å². The highest BCUT2D eigenvalue weighted by molar-refractivity contribution is 5.74. The number of aliphatic hydroxyl groups excluding tert-OH is 2. The monoisotopic (exact) mass is 1060 g/mol. The number of carboxylic acid groups (broad SMARTS) is 1. The van der Waals surface area contributed by atoms with Crippen molar-refractivity contribution in [3.8, 4) is 0 Å². The van der Waals surface area contributed by atoms with Gasteiger partial charge in [0.1, 0.15) is 18.8 Å². The maximum atomic E-state index is 13.2. The molecule has 75 heavy (non-hydrogen) atoms. The molecule has 1 fully saturated rings. The van der Waals surface area contributed by atoms with E-state index in [1.807, 2.05) is 0 Å². The minimum absolute atomic E-state index is 0.0654. The SMILES string of the molecule is CCCCCCCC/C=C\CCCCCCCCCC(=O)OCC(COC1OC(C(=O)O)C(O)C(O)C1OC(=O)CCCCCCCCCCCCCCC)OC(=O)CCCCCCC/C=C\CCCCCCCC. The largest absolute Gasteiger partial charge is 0.479 e. The van der Waals surface area contributed by atoms with Crippen LogP contribution in [0, 0.1) is 0 Å². The summed E-state index contributed by atoms with van der Waals surface area (Å²) in [5.74, 6) is -3.10. The zero-order valence-electron chi connectivity index (χ0n) is 48.3. The maximum absolute atomic E-state index is 13.2. The molecule has 1 saturated heterocycles. The van der Waals surface area contributed by atoms with Crippen molar-refractivity contribution in [2.75, 3.05) is 13.2 Å². The van der Waals surface area contributed by atoms with Crippen LogP contribution in [0.3, 0.4) is 0 Å². The molecule has 0 aromatic rings. The van der Waals surface area contributed by atoms with Crippen molar-refractivity contribution in [1.82, 2.24) is 0 Å².